The van der Waals surface area contributed by atoms with Gasteiger partial charge < -0.3 is 16.5 Å². The van der Waals surface area contributed by atoms with Crippen LogP contribution >= 0.6 is 0 Å². The van der Waals surface area contributed by atoms with Crippen LogP contribution < -0.4 is 16.5 Å². The molecule has 1 aliphatic rings. The Morgan fingerprint density at radius 1 is 1.47 bits per heavy atom. The van der Waals surface area contributed by atoms with E-state index in [9.17, 15) is 4.79 Å². The van der Waals surface area contributed by atoms with Crippen LogP contribution in [0.25, 0.3) is 6.08 Å². The molecule has 0 aliphatic carbocycles. The minimum Gasteiger partial charge on any atom is -0.384 e. The van der Waals surface area contributed by atoms with Crippen molar-refractivity contribution in [3.05, 3.63) is 35.4 Å². The van der Waals surface area contributed by atoms with Crippen LogP contribution in [0.2, 0.25) is 0 Å². The average Bonchev–Trinajstić information content (AvgIpc) is 2.58. The van der Waals surface area contributed by atoms with Crippen molar-refractivity contribution in [1.29, 1.82) is 0 Å². The molecule has 4 N–H and O–H groups in total. The quantitative estimate of drug-likeness (QED) is 0.306. The predicted octanol–water partition coefficient (Wildman–Crippen LogP) is 0.904. The van der Waals surface area contributed by atoms with Gasteiger partial charge in [0.25, 0.3) is 5.91 Å². The highest BCUT2D eigenvalue weighted by Gasteiger charge is 2.12. The first-order valence-electron chi connectivity index (χ1n) is 5.37. The second kappa shape index (κ2) is 5.16. The summed E-state index contributed by atoms with van der Waals surface area (Å²) in [4.78, 5) is 11.8. The van der Waals surface area contributed by atoms with E-state index < -0.39 is 0 Å². The van der Waals surface area contributed by atoms with Crippen molar-refractivity contribution >= 4 is 24.0 Å². The fourth-order valence-electron chi connectivity index (χ4n) is 1.74. The van der Waals surface area contributed by atoms with Gasteiger partial charge in [0, 0.05) is 17.8 Å². The van der Waals surface area contributed by atoms with Crippen molar-refractivity contribution in [3.63, 3.8) is 0 Å². The van der Waals surface area contributed by atoms with Gasteiger partial charge in [0.2, 0.25) is 0 Å². The second-order valence-corrected chi connectivity index (χ2v) is 3.69. The van der Waals surface area contributed by atoms with Gasteiger partial charge in [-0.3, -0.25) is 4.79 Å². The van der Waals surface area contributed by atoms with Crippen molar-refractivity contribution in [2.45, 2.75) is 6.42 Å². The van der Waals surface area contributed by atoms with Gasteiger partial charge in [-0.1, -0.05) is 18.2 Å². The first kappa shape index (κ1) is 11.2. The first-order chi connectivity index (χ1) is 8.31. The third kappa shape index (κ3) is 2.63. The van der Waals surface area contributed by atoms with Gasteiger partial charge in [0.1, 0.15) is 6.34 Å². The smallest absolute Gasteiger partial charge is 0.252 e. The van der Waals surface area contributed by atoms with E-state index in [0.717, 1.165) is 17.8 Å². The van der Waals surface area contributed by atoms with E-state index in [4.69, 9.17) is 5.84 Å². The Morgan fingerprint density at radius 3 is 3.12 bits per heavy atom. The molecule has 0 bridgehead atoms. The van der Waals surface area contributed by atoms with Gasteiger partial charge in [0.05, 0.1) is 0 Å². The number of anilines is 1. The standard InChI is InChI=1S/C12H14N4O/c13-16-8-15-12(17)10-5-6-14-11-4-2-1-3-9(11)7-10/h1-4,7-8,14H,5-6,13H2,(H,15,16,17). The van der Waals surface area contributed by atoms with Gasteiger partial charge in [-0.15, -0.1) is 0 Å². The van der Waals surface area contributed by atoms with Crippen LogP contribution in [0.3, 0.4) is 0 Å². The lowest BCUT2D eigenvalue weighted by molar-refractivity contribution is -0.116. The molecule has 1 amide bonds. The summed E-state index contributed by atoms with van der Waals surface area (Å²) in [5, 5.41) is 9.02. The molecule has 0 atom stereocenters. The topological polar surface area (TPSA) is 79.5 Å². The zero-order valence-electron chi connectivity index (χ0n) is 9.31. The fourth-order valence-corrected chi connectivity index (χ4v) is 1.74. The maximum absolute atomic E-state index is 11.8. The highest BCUT2D eigenvalue weighted by Crippen LogP contribution is 2.22. The lowest BCUT2D eigenvalue weighted by Crippen LogP contribution is -2.24. The van der Waals surface area contributed by atoms with E-state index in [1.54, 1.807) is 0 Å². The SMILES string of the molecule is NN=CNC(=O)C1=Cc2ccccc2NCC1. The number of hydrogen-bond donors (Lipinski definition) is 3. The van der Waals surface area contributed by atoms with Gasteiger partial charge in [-0.2, -0.15) is 5.10 Å². The largest absolute Gasteiger partial charge is 0.384 e. The Morgan fingerprint density at radius 2 is 2.29 bits per heavy atom. The highest BCUT2D eigenvalue weighted by atomic mass is 16.1. The third-order valence-electron chi connectivity index (χ3n) is 2.56. The number of nitrogens with two attached hydrogens (primary N) is 1. The summed E-state index contributed by atoms with van der Waals surface area (Å²) in [5.41, 5.74) is 2.77. The molecule has 5 nitrogen and oxygen atoms in total. The van der Waals surface area contributed by atoms with E-state index in [1.807, 2.05) is 30.3 Å². The number of carbonyl (C=O) groups is 1. The minimum atomic E-state index is -0.169. The molecule has 2 rings (SSSR count). The van der Waals surface area contributed by atoms with Gasteiger partial charge in [0.15, 0.2) is 0 Å². The fraction of sp³-hybridized carbons (Fsp3) is 0.167. The van der Waals surface area contributed by atoms with E-state index in [2.05, 4.69) is 15.7 Å². The van der Waals surface area contributed by atoms with E-state index in [-0.39, 0.29) is 5.91 Å². The summed E-state index contributed by atoms with van der Waals surface area (Å²) in [6.07, 6.45) is 3.74. The van der Waals surface area contributed by atoms with Gasteiger partial charge in [-0.25, -0.2) is 0 Å². The minimum absolute atomic E-state index is 0.169. The zero-order valence-corrected chi connectivity index (χ0v) is 9.31. The molecule has 1 aliphatic heterocycles. The zero-order chi connectivity index (χ0) is 12.1. The number of hydrazone groups is 1. The maximum Gasteiger partial charge on any atom is 0.252 e. The number of amides is 1. The van der Waals surface area contributed by atoms with Crippen molar-refractivity contribution in [2.24, 2.45) is 10.9 Å². The molecule has 1 aromatic rings. The number of para-hydroxylation sites is 1. The van der Waals surface area contributed by atoms with Crippen LogP contribution in [-0.2, 0) is 4.79 Å². The maximum atomic E-state index is 11.8. The monoisotopic (exact) mass is 230 g/mol. The summed E-state index contributed by atoms with van der Waals surface area (Å²) in [7, 11) is 0. The molecule has 1 aromatic carbocycles. The molecule has 1 heterocycles. The predicted molar refractivity (Wildman–Crippen MR) is 68.3 cm³/mol. The Kier molecular flexibility index (Phi) is 3.40. The second-order valence-electron chi connectivity index (χ2n) is 3.69. The summed E-state index contributed by atoms with van der Waals surface area (Å²) >= 11 is 0. The van der Waals surface area contributed by atoms with E-state index in [0.29, 0.717) is 12.0 Å². The normalized spacial score (nSPS) is 14.5. The first-order valence-corrected chi connectivity index (χ1v) is 5.37. The number of rotatable bonds is 2. The Balaban J connectivity index is 2.25. The van der Waals surface area contributed by atoms with Crippen molar-refractivity contribution in [1.82, 2.24) is 5.32 Å². The Hall–Kier alpha value is -2.30. The number of carbonyl (C=O) groups excluding carboxylic acids is 1. The molecule has 0 saturated heterocycles. The Bertz CT molecular complexity index is 479. The van der Waals surface area contributed by atoms with Crippen molar-refractivity contribution in [3.8, 4) is 0 Å². The van der Waals surface area contributed by atoms with Gasteiger partial charge >= 0.3 is 0 Å². The van der Waals surface area contributed by atoms with Crippen LogP contribution in [0.4, 0.5) is 5.69 Å². The van der Waals surface area contributed by atoms with Crippen LogP contribution in [0.5, 0.6) is 0 Å². The lowest BCUT2D eigenvalue weighted by Gasteiger charge is -2.04. The molecule has 0 radical (unpaired) electrons. The van der Waals surface area contributed by atoms with Crippen LogP contribution in [0, 0.1) is 0 Å². The van der Waals surface area contributed by atoms with E-state index >= 15 is 0 Å². The van der Waals surface area contributed by atoms with Gasteiger partial charge in [-0.05, 0) is 24.1 Å². The van der Waals surface area contributed by atoms with Crippen molar-refractivity contribution < 1.29 is 4.79 Å². The molecular formula is C12H14N4O. The molecule has 0 aromatic heterocycles. The molecule has 88 valence electrons. The molecule has 5 heteroatoms. The number of hydrogen-bond acceptors (Lipinski definition) is 4. The molecule has 0 spiro atoms. The van der Waals surface area contributed by atoms with Crippen molar-refractivity contribution in [2.75, 3.05) is 11.9 Å². The average molecular weight is 230 g/mol. The molecule has 0 saturated carbocycles. The summed E-state index contributed by atoms with van der Waals surface area (Å²) in [6, 6.07) is 7.87. The number of benzene rings is 1. The Labute approximate surface area is 99.4 Å². The third-order valence-corrected chi connectivity index (χ3v) is 2.56. The van der Waals surface area contributed by atoms with E-state index in [1.165, 1.54) is 6.34 Å². The number of nitrogens with one attached hydrogen (secondary N) is 2. The molecule has 0 unspecified atom stereocenters. The number of fused-ring (bicyclic) bond motifs is 1. The highest BCUT2D eigenvalue weighted by molar-refractivity contribution is 6.04. The van der Waals surface area contributed by atoms with Crippen LogP contribution in [0.1, 0.15) is 12.0 Å². The van der Waals surface area contributed by atoms with Crippen LogP contribution in [-0.4, -0.2) is 18.8 Å². The lowest BCUT2D eigenvalue weighted by atomic mass is 10.1. The molecular weight excluding hydrogens is 216 g/mol. The molecule has 17 heavy (non-hydrogen) atoms. The summed E-state index contributed by atoms with van der Waals surface area (Å²) < 4.78 is 0. The number of nitrogens with zero attached hydrogens (tertiary/aromatic N) is 1. The molecule has 0 fully saturated rings. The summed E-state index contributed by atoms with van der Waals surface area (Å²) in [6.45, 7) is 0.732. The van der Waals surface area contributed by atoms with Crippen LogP contribution in [0.15, 0.2) is 34.9 Å². The summed E-state index contributed by atoms with van der Waals surface area (Å²) in [5.74, 6) is 4.77.